The minimum atomic E-state index is -0.547. The van der Waals surface area contributed by atoms with Crippen molar-refractivity contribution in [2.75, 3.05) is 5.32 Å². The molecule has 4 nitrogen and oxygen atoms in total. The third-order valence-electron chi connectivity index (χ3n) is 4.08. The highest BCUT2D eigenvalue weighted by atomic mass is 35.5. The van der Waals surface area contributed by atoms with Crippen molar-refractivity contribution in [2.24, 2.45) is 0 Å². The van der Waals surface area contributed by atoms with Crippen LogP contribution in [-0.4, -0.2) is 17.7 Å². The Morgan fingerprint density at radius 2 is 1.69 bits per heavy atom. The monoisotopic (exact) mass is 397 g/mol. The van der Waals surface area contributed by atoms with Crippen LogP contribution in [0.15, 0.2) is 36.4 Å². The van der Waals surface area contributed by atoms with Crippen LogP contribution in [0.3, 0.4) is 0 Å². The number of ketones is 1. The van der Waals surface area contributed by atoms with Crippen LogP contribution >= 0.6 is 23.2 Å². The standard InChI is InChI=1S/C19H19Cl2FN2O2/c1-10(15-8-18(22)17(21)9-16(15)20)23-11(2)19(26)24-14-6-4-13(5-7-14)12(3)25/h4-11,23H,1-3H3,(H,24,26)/p+1/t10-,11-/m0/s1. The predicted molar refractivity (Wildman–Crippen MR) is 101 cm³/mol. The highest BCUT2D eigenvalue weighted by Crippen LogP contribution is 2.27. The molecular formula is C19H20Cl2FN2O2+. The fraction of sp³-hybridized carbons (Fsp3) is 0.263. The number of nitrogens with two attached hydrogens (primary N) is 1. The van der Waals surface area contributed by atoms with Gasteiger partial charge in [0.2, 0.25) is 0 Å². The number of halogens is 3. The van der Waals surface area contributed by atoms with Gasteiger partial charge in [-0.25, -0.2) is 4.39 Å². The molecule has 26 heavy (non-hydrogen) atoms. The summed E-state index contributed by atoms with van der Waals surface area (Å²) >= 11 is 11.8. The molecule has 0 heterocycles. The number of Topliss-reactive ketones (excluding diaryl/α,β-unsaturated/α-hetero) is 1. The average molecular weight is 398 g/mol. The third kappa shape index (κ3) is 5.04. The normalized spacial score (nSPS) is 13.2. The summed E-state index contributed by atoms with van der Waals surface area (Å²) < 4.78 is 13.7. The van der Waals surface area contributed by atoms with Gasteiger partial charge >= 0.3 is 0 Å². The number of carbonyl (C=O) groups is 2. The van der Waals surface area contributed by atoms with Crippen molar-refractivity contribution in [3.05, 3.63) is 63.4 Å². The molecule has 0 aliphatic heterocycles. The van der Waals surface area contributed by atoms with Gasteiger partial charge in [0.1, 0.15) is 11.9 Å². The molecule has 1 amide bonds. The van der Waals surface area contributed by atoms with Crippen molar-refractivity contribution in [3.8, 4) is 0 Å². The number of hydrogen-bond donors (Lipinski definition) is 2. The molecule has 0 aliphatic carbocycles. The molecule has 0 unspecified atom stereocenters. The summed E-state index contributed by atoms with van der Waals surface area (Å²) in [7, 11) is 0. The zero-order valence-corrected chi connectivity index (χ0v) is 16.2. The summed E-state index contributed by atoms with van der Waals surface area (Å²) in [5, 5.41) is 4.89. The Labute approximate surface area is 161 Å². The summed E-state index contributed by atoms with van der Waals surface area (Å²) in [5.74, 6) is -0.794. The SMILES string of the molecule is CC(=O)c1ccc(NC(=O)[C@H](C)[NH2+][C@@H](C)c2cc(F)c(Cl)cc2Cl)cc1. The molecule has 0 radical (unpaired) electrons. The third-order valence-corrected chi connectivity index (χ3v) is 4.70. The van der Waals surface area contributed by atoms with E-state index >= 15 is 0 Å². The van der Waals surface area contributed by atoms with Crippen LogP contribution < -0.4 is 10.6 Å². The van der Waals surface area contributed by atoms with E-state index in [1.165, 1.54) is 19.1 Å². The van der Waals surface area contributed by atoms with E-state index < -0.39 is 11.9 Å². The molecule has 2 rings (SSSR count). The Morgan fingerprint density at radius 1 is 1.08 bits per heavy atom. The maximum absolute atomic E-state index is 13.7. The van der Waals surface area contributed by atoms with Crippen LogP contribution in [0.25, 0.3) is 0 Å². The van der Waals surface area contributed by atoms with Crippen LogP contribution in [0, 0.1) is 5.82 Å². The van der Waals surface area contributed by atoms with Crippen LogP contribution in [0.1, 0.15) is 42.7 Å². The molecule has 3 N–H and O–H groups in total. The fourth-order valence-electron chi connectivity index (χ4n) is 2.56. The second-order valence-electron chi connectivity index (χ2n) is 6.18. The Bertz CT molecular complexity index is 825. The highest BCUT2D eigenvalue weighted by Gasteiger charge is 2.23. The highest BCUT2D eigenvalue weighted by molar-refractivity contribution is 6.35. The fourth-order valence-corrected chi connectivity index (χ4v) is 3.11. The largest absolute Gasteiger partial charge is 0.330 e. The lowest BCUT2D eigenvalue weighted by atomic mass is 10.1. The number of hydrogen-bond acceptors (Lipinski definition) is 2. The van der Waals surface area contributed by atoms with Gasteiger partial charge in [-0.2, -0.15) is 0 Å². The lowest BCUT2D eigenvalue weighted by Gasteiger charge is -2.18. The molecule has 0 spiro atoms. The molecule has 2 aromatic carbocycles. The number of rotatable bonds is 6. The van der Waals surface area contributed by atoms with Crippen molar-refractivity contribution in [1.29, 1.82) is 0 Å². The summed E-state index contributed by atoms with van der Waals surface area (Å²) in [6.45, 7) is 5.06. The average Bonchev–Trinajstić information content (AvgIpc) is 2.58. The predicted octanol–water partition coefficient (Wildman–Crippen LogP) is 3.99. The summed E-state index contributed by atoms with van der Waals surface area (Å²) in [5.41, 5.74) is 1.75. The molecule has 138 valence electrons. The molecule has 0 saturated carbocycles. The van der Waals surface area contributed by atoms with Crippen molar-refractivity contribution in [3.63, 3.8) is 0 Å². The smallest absolute Gasteiger partial charge is 0.282 e. The molecule has 0 bridgehead atoms. The zero-order valence-electron chi connectivity index (χ0n) is 14.6. The summed E-state index contributed by atoms with van der Waals surface area (Å²) in [6, 6.07) is 8.64. The van der Waals surface area contributed by atoms with E-state index in [1.54, 1.807) is 36.5 Å². The van der Waals surface area contributed by atoms with Gasteiger partial charge in [-0.3, -0.25) is 9.59 Å². The number of quaternary nitrogens is 1. The van der Waals surface area contributed by atoms with E-state index in [0.29, 0.717) is 21.8 Å². The first-order valence-electron chi connectivity index (χ1n) is 8.10. The van der Waals surface area contributed by atoms with Gasteiger partial charge < -0.3 is 10.6 Å². The van der Waals surface area contributed by atoms with Crippen molar-refractivity contribution >= 4 is 40.6 Å². The second-order valence-corrected chi connectivity index (χ2v) is 6.99. The Balaban J connectivity index is 2.02. The van der Waals surface area contributed by atoms with Crippen molar-refractivity contribution in [1.82, 2.24) is 0 Å². The molecule has 2 aromatic rings. The maximum Gasteiger partial charge on any atom is 0.282 e. The van der Waals surface area contributed by atoms with Gasteiger partial charge in [0.15, 0.2) is 11.8 Å². The van der Waals surface area contributed by atoms with E-state index in [0.717, 1.165) is 0 Å². The number of amides is 1. The molecule has 0 fully saturated rings. The van der Waals surface area contributed by atoms with Crippen LogP contribution in [0.5, 0.6) is 0 Å². The van der Waals surface area contributed by atoms with Crippen molar-refractivity contribution in [2.45, 2.75) is 32.9 Å². The van der Waals surface area contributed by atoms with E-state index in [2.05, 4.69) is 5.32 Å². The van der Waals surface area contributed by atoms with Gasteiger partial charge in [0.05, 0.1) is 10.0 Å². The number of benzene rings is 2. The first-order valence-corrected chi connectivity index (χ1v) is 8.86. The maximum atomic E-state index is 13.7. The zero-order chi connectivity index (χ0) is 19.4. The van der Waals surface area contributed by atoms with Gasteiger partial charge in [-0.05, 0) is 57.2 Å². The van der Waals surface area contributed by atoms with Crippen molar-refractivity contribution < 1.29 is 19.3 Å². The number of anilines is 1. The van der Waals surface area contributed by atoms with Gasteiger partial charge in [0.25, 0.3) is 5.91 Å². The Kier molecular flexibility index (Phi) is 6.75. The lowest BCUT2D eigenvalue weighted by Crippen LogP contribution is -2.91. The lowest BCUT2D eigenvalue weighted by molar-refractivity contribution is -0.709. The first kappa shape index (κ1) is 20.4. The molecule has 2 atom stereocenters. The van der Waals surface area contributed by atoms with E-state index in [4.69, 9.17) is 23.2 Å². The van der Waals surface area contributed by atoms with Crippen LogP contribution in [-0.2, 0) is 4.79 Å². The van der Waals surface area contributed by atoms with Gasteiger partial charge in [0, 0.05) is 16.8 Å². The van der Waals surface area contributed by atoms with Crippen LogP contribution in [0.2, 0.25) is 10.0 Å². The first-order chi connectivity index (χ1) is 12.2. The number of nitrogens with one attached hydrogen (secondary N) is 1. The molecule has 7 heteroatoms. The van der Waals surface area contributed by atoms with E-state index in [9.17, 15) is 14.0 Å². The molecule has 0 saturated heterocycles. The quantitative estimate of drug-likeness (QED) is 0.571. The Hall–Kier alpha value is -1.95. The van der Waals surface area contributed by atoms with Crippen LogP contribution in [0.4, 0.5) is 10.1 Å². The topological polar surface area (TPSA) is 62.8 Å². The molecule has 0 aromatic heterocycles. The minimum Gasteiger partial charge on any atom is -0.330 e. The molecular weight excluding hydrogens is 378 g/mol. The summed E-state index contributed by atoms with van der Waals surface area (Å²) in [4.78, 5) is 23.6. The van der Waals surface area contributed by atoms with E-state index in [-0.39, 0.29) is 22.8 Å². The second kappa shape index (κ2) is 8.62. The number of carbonyl (C=O) groups excluding carboxylic acids is 2. The minimum absolute atomic E-state index is 0.0363. The summed E-state index contributed by atoms with van der Waals surface area (Å²) in [6.07, 6.45) is 0. The molecule has 0 aliphatic rings. The Morgan fingerprint density at radius 3 is 2.27 bits per heavy atom. The van der Waals surface area contributed by atoms with Gasteiger partial charge in [-0.15, -0.1) is 0 Å². The van der Waals surface area contributed by atoms with Gasteiger partial charge in [-0.1, -0.05) is 23.2 Å². The van der Waals surface area contributed by atoms with E-state index in [1.807, 2.05) is 6.92 Å².